The number of carbonyl (C=O) groups is 1. The highest BCUT2D eigenvalue weighted by molar-refractivity contribution is 7.89. The quantitative estimate of drug-likeness (QED) is 0.821. The Morgan fingerprint density at radius 1 is 1.30 bits per heavy atom. The molecule has 1 saturated heterocycles. The Bertz CT molecular complexity index is 959. The Balaban J connectivity index is 1.78. The Labute approximate surface area is 163 Å². The fraction of sp³-hybridized carbons (Fsp3) is 0.368. The van der Waals surface area contributed by atoms with E-state index in [-0.39, 0.29) is 16.8 Å². The van der Waals surface area contributed by atoms with E-state index in [1.807, 2.05) is 13.0 Å². The largest absolute Gasteiger partial charge is 0.312 e. The third-order valence-corrected chi connectivity index (χ3v) is 7.58. The van der Waals surface area contributed by atoms with Gasteiger partial charge in [-0.3, -0.25) is 4.79 Å². The molecule has 1 amide bonds. The molecule has 0 unspecified atom stereocenters. The van der Waals surface area contributed by atoms with E-state index in [4.69, 9.17) is 5.26 Å². The van der Waals surface area contributed by atoms with Gasteiger partial charge in [0.2, 0.25) is 10.0 Å². The number of hydrogen-bond acceptors (Lipinski definition) is 5. The number of rotatable bonds is 5. The molecule has 0 aliphatic carbocycles. The molecule has 1 N–H and O–H groups in total. The zero-order valence-electron chi connectivity index (χ0n) is 15.0. The van der Waals surface area contributed by atoms with E-state index in [0.717, 1.165) is 25.7 Å². The lowest BCUT2D eigenvalue weighted by atomic mass is 10.0. The van der Waals surface area contributed by atoms with Gasteiger partial charge in [0.15, 0.2) is 0 Å². The van der Waals surface area contributed by atoms with E-state index in [2.05, 4.69) is 5.32 Å². The van der Waals surface area contributed by atoms with Crippen molar-refractivity contribution < 1.29 is 13.2 Å². The van der Waals surface area contributed by atoms with Crippen molar-refractivity contribution in [3.8, 4) is 6.07 Å². The van der Waals surface area contributed by atoms with Gasteiger partial charge in [-0.25, -0.2) is 8.42 Å². The van der Waals surface area contributed by atoms with Gasteiger partial charge in [-0.15, -0.1) is 11.3 Å². The normalized spacial score (nSPS) is 18.0. The molecule has 2 heterocycles. The van der Waals surface area contributed by atoms with Crippen LogP contribution in [0.25, 0.3) is 0 Å². The first-order valence-electron chi connectivity index (χ1n) is 8.88. The van der Waals surface area contributed by atoms with Gasteiger partial charge in [0.05, 0.1) is 10.5 Å². The molecule has 1 aliphatic heterocycles. The van der Waals surface area contributed by atoms with E-state index in [9.17, 15) is 13.2 Å². The van der Waals surface area contributed by atoms with Gasteiger partial charge < -0.3 is 5.32 Å². The second-order valence-corrected chi connectivity index (χ2v) is 9.23. The molecule has 3 rings (SSSR count). The lowest BCUT2D eigenvalue weighted by molar-refractivity contribution is 0.102. The molecule has 1 aromatic heterocycles. The summed E-state index contributed by atoms with van der Waals surface area (Å²) in [7, 11) is -3.57. The van der Waals surface area contributed by atoms with Crippen LogP contribution in [0.3, 0.4) is 0 Å². The van der Waals surface area contributed by atoms with Crippen LogP contribution in [0.15, 0.2) is 40.6 Å². The van der Waals surface area contributed by atoms with Crippen LogP contribution in [0.1, 0.15) is 48.5 Å². The summed E-state index contributed by atoms with van der Waals surface area (Å²) in [4.78, 5) is 12.6. The summed E-state index contributed by atoms with van der Waals surface area (Å²) < 4.78 is 27.5. The van der Waals surface area contributed by atoms with Crippen LogP contribution in [-0.2, 0) is 10.0 Å². The number of nitriles is 1. The molecule has 1 aromatic carbocycles. The maximum Gasteiger partial charge on any atom is 0.256 e. The number of nitrogens with zero attached hydrogens (tertiary/aromatic N) is 2. The van der Waals surface area contributed by atoms with Gasteiger partial charge in [0, 0.05) is 18.2 Å². The highest BCUT2D eigenvalue weighted by Crippen LogP contribution is 2.27. The Kier molecular flexibility index (Phi) is 5.95. The maximum absolute atomic E-state index is 13.0. The van der Waals surface area contributed by atoms with Gasteiger partial charge in [0.25, 0.3) is 5.91 Å². The molecular formula is C19H21N3O3S2. The molecule has 0 saturated carbocycles. The molecule has 27 heavy (non-hydrogen) atoms. The van der Waals surface area contributed by atoms with Crippen LogP contribution in [0.5, 0.6) is 0 Å². The van der Waals surface area contributed by atoms with Crippen molar-refractivity contribution >= 4 is 32.3 Å². The SMILES string of the molecule is CC[C@@H]1CCCCN1S(=O)(=O)c1ccc(C(=O)Nc2sccc2C#N)cc1. The number of anilines is 1. The Morgan fingerprint density at radius 2 is 2.04 bits per heavy atom. The van der Waals surface area contributed by atoms with E-state index in [1.54, 1.807) is 15.8 Å². The van der Waals surface area contributed by atoms with Crippen LogP contribution < -0.4 is 5.32 Å². The fourth-order valence-corrected chi connectivity index (χ4v) is 5.78. The smallest absolute Gasteiger partial charge is 0.256 e. The number of hydrogen-bond donors (Lipinski definition) is 1. The van der Waals surface area contributed by atoms with Crippen LogP contribution >= 0.6 is 11.3 Å². The second-order valence-electron chi connectivity index (χ2n) is 6.43. The first-order valence-corrected chi connectivity index (χ1v) is 11.2. The average molecular weight is 404 g/mol. The number of thiophene rings is 1. The Morgan fingerprint density at radius 3 is 2.70 bits per heavy atom. The molecular weight excluding hydrogens is 382 g/mol. The summed E-state index contributed by atoms with van der Waals surface area (Å²) in [6.45, 7) is 2.55. The lowest BCUT2D eigenvalue weighted by Crippen LogP contribution is -2.43. The van der Waals surface area contributed by atoms with Crippen LogP contribution in [0, 0.1) is 11.3 Å². The molecule has 6 nitrogen and oxygen atoms in total. The molecule has 2 aromatic rings. The van der Waals surface area contributed by atoms with Crippen molar-refractivity contribution in [3.05, 3.63) is 46.8 Å². The first-order chi connectivity index (χ1) is 13.0. The van der Waals surface area contributed by atoms with Crippen molar-refractivity contribution in [2.75, 3.05) is 11.9 Å². The maximum atomic E-state index is 13.0. The third kappa shape index (κ3) is 4.05. The lowest BCUT2D eigenvalue weighted by Gasteiger charge is -2.34. The average Bonchev–Trinajstić information content (AvgIpc) is 3.15. The molecule has 0 bridgehead atoms. The van der Waals surface area contributed by atoms with Crippen molar-refractivity contribution in [3.63, 3.8) is 0 Å². The summed E-state index contributed by atoms with van der Waals surface area (Å²) in [5, 5.41) is 13.9. The van der Waals surface area contributed by atoms with E-state index in [1.165, 1.54) is 35.6 Å². The van der Waals surface area contributed by atoms with Gasteiger partial charge in [0.1, 0.15) is 11.1 Å². The van der Waals surface area contributed by atoms with Gasteiger partial charge in [-0.2, -0.15) is 9.57 Å². The van der Waals surface area contributed by atoms with Crippen molar-refractivity contribution in [1.82, 2.24) is 4.31 Å². The van der Waals surface area contributed by atoms with Crippen molar-refractivity contribution in [2.45, 2.75) is 43.5 Å². The molecule has 0 spiro atoms. The number of benzene rings is 1. The van der Waals surface area contributed by atoms with E-state index in [0.29, 0.717) is 22.7 Å². The molecule has 142 valence electrons. The number of nitrogens with one attached hydrogen (secondary N) is 1. The van der Waals surface area contributed by atoms with Crippen LogP contribution in [0.4, 0.5) is 5.00 Å². The van der Waals surface area contributed by atoms with Gasteiger partial charge in [-0.05, 0) is 55.0 Å². The van der Waals surface area contributed by atoms with Crippen LogP contribution in [-0.4, -0.2) is 31.2 Å². The van der Waals surface area contributed by atoms with Gasteiger partial charge in [-0.1, -0.05) is 13.3 Å². The number of amides is 1. The zero-order chi connectivity index (χ0) is 19.4. The summed E-state index contributed by atoms with van der Waals surface area (Å²) in [6, 6.07) is 9.66. The van der Waals surface area contributed by atoms with E-state index < -0.39 is 10.0 Å². The Hall–Kier alpha value is -2.21. The van der Waals surface area contributed by atoms with Gasteiger partial charge >= 0.3 is 0 Å². The van der Waals surface area contributed by atoms with Crippen molar-refractivity contribution in [2.24, 2.45) is 0 Å². The minimum Gasteiger partial charge on any atom is -0.312 e. The molecule has 1 aliphatic rings. The number of sulfonamides is 1. The summed E-state index contributed by atoms with van der Waals surface area (Å²) >= 11 is 1.27. The van der Waals surface area contributed by atoms with Crippen LogP contribution in [0.2, 0.25) is 0 Å². The third-order valence-electron chi connectivity index (χ3n) is 4.78. The predicted octanol–water partition coefficient (Wildman–Crippen LogP) is 3.83. The fourth-order valence-electron chi connectivity index (χ4n) is 3.28. The predicted molar refractivity (Wildman–Crippen MR) is 105 cm³/mol. The molecule has 8 heteroatoms. The standard InChI is InChI=1S/C19H21N3O3S2/c1-2-16-5-3-4-11-22(16)27(24,25)17-8-6-14(7-9-17)18(23)21-19-15(13-20)10-12-26-19/h6-10,12,16H,2-5,11H2,1H3,(H,21,23)/t16-/m1/s1. The van der Waals surface area contributed by atoms with E-state index >= 15 is 0 Å². The minimum atomic E-state index is -3.57. The molecule has 1 fully saturated rings. The summed E-state index contributed by atoms with van der Waals surface area (Å²) in [6.07, 6.45) is 3.61. The monoisotopic (exact) mass is 403 g/mol. The number of carbonyl (C=O) groups excluding carboxylic acids is 1. The summed E-state index contributed by atoms with van der Waals surface area (Å²) in [5.74, 6) is -0.373. The summed E-state index contributed by atoms with van der Waals surface area (Å²) in [5.41, 5.74) is 0.750. The molecule has 0 radical (unpaired) electrons. The number of piperidine rings is 1. The highest BCUT2D eigenvalue weighted by atomic mass is 32.2. The highest BCUT2D eigenvalue weighted by Gasteiger charge is 2.32. The van der Waals surface area contributed by atoms with Crippen molar-refractivity contribution in [1.29, 1.82) is 5.26 Å². The zero-order valence-corrected chi connectivity index (χ0v) is 16.6. The molecule has 1 atom stereocenters. The topological polar surface area (TPSA) is 90.3 Å². The first kappa shape index (κ1) is 19.5. The second kappa shape index (κ2) is 8.21. The minimum absolute atomic E-state index is 0.0370.